The van der Waals surface area contributed by atoms with Crippen LogP contribution in [0.2, 0.25) is 5.02 Å². The number of nitrogens with zero attached hydrogens (tertiary/aromatic N) is 4. The third-order valence-electron chi connectivity index (χ3n) is 3.36. The number of aromatic nitrogens is 3. The van der Waals surface area contributed by atoms with Crippen molar-refractivity contribution >= 4 is 40.4 Å². The molecular formula is C16H13ClN6O2. The Labute approximate surface area is 148 Å². The van der Waals surface area contributed by atoms with Gasteiger partial charge in [-0.15, -0.1) is 0 Å². The maximum Gasteiger partial charge on any atom is 0.353 e. The molecule has 9 heteroatoms. The van der Waals surface area contributed by atoms with Gasteiger partial charge in [0.25, 0.3) is 0 Å². The van der Waals surface area contributed by atoms with E-state index >= 15 is 0 Å². The van der Waals surface area contributed by atoms with E-state index in [-0.39, 0.29) is 17.3 Å². The highest BCUT2D eigenvalue weighted by Crippen LogP contribution is 2.33. The van der Waals surface area contributed by atoms with Gasteiger partial charge in [0.2, 0.25) is 11.6 Å². The van der Waals surface area contributed by atoms with Gasteiger partial charge in [0.1, 0.15) is 12.1 Å². The van der Waals surface area contributed by atoms with Gasteiger partial charge in [-0.2, -0.15) is 0 Å². The number of benzene rings is 1. The molecule has 1 aromatic carbocycles. The molecule has 0 spiro atoms. The van der Waals surface area contributed by atoms with E-state index in [1.54, 1.807) is 36.5 Å². The van der Waals surface area contributed by atoms with Crippen LogP contribution < -0.4 is 10.6 Å². The lowest BCUT2D eigenvalue weighted by Crippen LogP contribution is -2.06. The van der Waals surface area contributed by atoms with E-state index in [9.17, 15) is 10.1 Å². The average molecular weight is 357 g/mol. The van der Waals surface area contributed by atoms with Crippen molar-refractivity contribution in [3.05, 3.63) is 69.6 Å². The fourth-order valence-electron chi connectivity index (χ4n) is 2.13. The zero-order chi connectivity index (χ0) is 17.8. The first-order valence-corrected chi connectivity index (χ1v) is 7.63. The summed E-state index contributed by atoms with van der Waals surface area (Å²) in [5.41, 5.74) is 1.18. The highest BCUT2D eigenvalue weighted by atomic mass is 35.5. The van der Waals surface area contributed by atoms with Crippen LogP contribution in [0.5, 0.6) is 0 Å². The fraction of sp³-hybridized carbons (Fsp3) is 0.0625. The molecule has 0 unspecified atom stereocenters. The van der Waals surface area contributed by atoms with Gasteiger partial charge in [-0.3, -0.25) is 10.1 Å². The molecule has 0 aliphatic carbocycles. The minimum absolute atomic E-state index is 0.0539. The van der Waals surface area contributed by atoms with Crippen LogP contribution in [0.3, 0.4) is 0 Å². The first-order valence-electron chi connectivity index (χ1n) is 7.25. The zero-order valence-electron chi connectivity index (χ0n) is 13.1. The summed E-state index contributed by atoms with van der Waals surface area (Å²) in [6.45, 7) is 1.84. The van der Waals surface area contributed by atoms with Crippen LogP contribution >= 0.6 is 11.6 Å². The van der Waals surface area contributed by atoms with Crippen LogP contribution in [0, 0.1) is 17.0 Å². The van der Waals surface area contributed by atoms with Crippen LogP contribution in [0.4, 0.5) is 28.8 Å². The predicted molar refractivity (Wildman–Crippen MR) is 95.7 cm³/mol. The van der Waals surface area contributed by atoms with Gasteiger partial charge in [-0.1, -0.05) is 17.7 Å². The van der Waals surface area contributed by atoms with Gasteiger partial charge in [-0.25, -0.2) is 15.0 Å². The van der Waals surface area contributed by atoms with E-state index in [0.29, 0.717) is 16.5 Å². The number of anilines is 4. The molecule has 0 radical (unpaired) electrons. The van der Waals surface area contributed by atoms with E-state index in [4.69, 9.17) is 11.6 Å². The molecule has 126 valence electrons. The molecule has 0 saturated carbocycles. The summed E-state index contributed by atoms with van der Waals surface area (Å²) in [7, 11) is 0. The monoisotopic (exact) mass is 356 g/mol. The van der Waals surface area contributed by atoms with E-state index in [1.807, 2.05) is 13.0 Å². The van der Waals surface area contributed by atoms with Crippen molar-refractivity contribution in [1.82, 2.24) is 15.0 Å². The molecule has 2 heterocycles. The highest BCUT2D eigenvalue weighted by Gasteiger charge is 2.24. The smallest absolute Gasteiger partial charge is 0.334 e. The Kier molecular flexibility index (Phi) is 4.71. The predicted octanol–water partition coefficient (Wildman–Crippen LogP) is 4.23. The molecule has 2 N–H and O–H groups in total. The van der Waals surface area contributed by atoms with Crippen molar-refractivity contribution in [2.24, 2.45) is 0 Å². The summed E-state index contributed by atoms with van der Waals surface area (Å²) >= 11 is 5.85. The van der Waals surface area contributed by atoms with Crippen molar-refractivity contribution < 1.29 is 4.92 Å². The van der Waals surface area contributed by atoms with Crippen molar-refractivity contribution in [1.29, 1.82) is 0 Å². The van der Waals surface area contributed by atoms with Crippen LogP contribution in [0.1, 0.15) is 5.56 Å². The summed E-state index contributed by atoms with van der Waals surface area (Å²) in [5.74, 6) is 0.610. The molecule has 0 bridgehead atoms. The second kappa shape index (κ2) is 7.10. The van der Waals surface area contributed by atoms with Gasteiger partial charge in [0.05, 0.1) is 4.92 Å². The van der Waals surface area contributed by atoms with Crippen molar-refractivity contribution in [3.63, 3.8) is 0 Å². The number of hydrogen-bond acceptors (Lipinski definition) is 7. The van der Waals surface area contributed by atoms with Gasteiger partial charge >= 0.3 is 5.69 Å². The number of nitrogens with one attached hydrogen (secondary N) is 2. The number of hydrogen-bond donors (Lipinski definition) is 2. The molecule has 0 amide bonds. The average Bonchev–Trinajstić information content (AvgIpc) is 2.59. The Morgan fingerprint density at radius 1 is 1.00 bits per heavy atom. The quantitative estimate of drug-likeness (QED) is 0.520. The van der Waals surface area contributed by atoms with Crippen LogP contribution in [0.15, 0.2) is 48.9 Å². The molecule has 3 aromatic rings. The lowest BCUT2D eigenvalue weighted by molar-refractivity contribution is -0.383. The van der Waals surface area contributed by atoms with E-state index in [0.717, 1.165) is 5.56 Å². The Bertz CT molecular complexity index is 917. The maximum absolute atomic E-state index is 11.6. The fourth-order valence-corrected chi connectivity index (χ4v) is 2.26. The van der Waals surface area contributed by atoms with E-state index in [2.05, 4.69) is 25.6 Å². The van der Waals surface area contributed by atoms with Crippen molar-refractivity contribution in [3.8, 4) is 0 Å². The first-order chi connectivity index (χ1) is 12.0. The summed E-state index contributed by atoms with van der Waals surface area (Å²) in [4.78, 5) is 23.2. The lowest BCUT2D eigenvalue weighted by Gasteiger charge is -2.10. The second-order valence-electron chi connectivity index (χ2n) is 5.10. The molecule has 0 saturated heterocycles. The first kappa shape index (κ1) is 16.6. The number of pyridine rings is 1. The van der Waals surface area contributed by atoms with Gasteiger partial charge < -0.3 is 10.6 Å². The number of halogens is 1. The zero-order valence-corrected chi connectivity index (χ0v) is 13.9. The topological polar surface area (TPSA) is 106 Å². The SMILES string of the molecule is Cc1cccnc1Nc1ncnc(Nc2ccc(Cl)cc2)c1[N+](=O)[O-]. The minimum Gasteiger partial charge on any atom is -0.334 e. The molecule has 3 rings (SSSR count). The normalized spacial score (nSPS) is 10.3. The Hall–Kier alpha value is -3.26. The maximum atomic E-state index is 11.6. The molecule has 2 aromatic heterocycles. The van der Waals surface area contributed by atoms with Gasteiger partial charge in [-0.05, 0) is 42.8 Å². The number of aryl methyl sites for hydroxylation is 1. The van der Waals surface area contributed by atoms with Crippen LogP contribution in [0.25, 0.3) is 0 Å². The van der Waals surface area contributed by atoms with Crippen LogP contribution in [-0.2, 0) is 0 Å². The highest BCUT2D eigenvalue weighted by molar-refractivity contribution is 6.30. The lowest BCUT2D eigenvalue weighted by atomic mass is 10.3. The Balaban J connectivity index is 1.98. The standard InChI is InChI=1S/C16H13ClN6O2/c1-10-3-2-8-18-14(10)22-16-13(23(24)25)15(19-9-20-16)21-12-6-4-11(17)5-7-12/h2-9H,1H3,(H2,18,19,20,21,22). The molecular weight excluding hydrogens is 344 g/mol. The number of rotatable bonds is 5. The van der Waals surface area contributed by atoms with E-state index < -0.39 is 4.92 Å². The van der Waals surface area contributed by atoms with E-state index in [1.165, 1.54) is 6.33 Å². The molecule has 25 heavy (non-hydrogen) atoms. The van der Waals surface area contributed by atoms with Crippen molar-refractivity contribution in [2.75, 3.05) is 10.6 Å². The molecule has 8 nitrogen and oxygen atoms in total. The van der Waals surface area contributed by atoms with Crippen molar-refractivity contribution in [2.45, 2.75) is 6.92 Å². The summed E-state index contributed by atoms with van der Waals surface area (Å²) in [6.07, 6.45) is 2.83. The Morgan fingerprint density at radius 3 is 2.32 bits per heavy atom. The van der Waals surface area contributed by atoms with Gasteiger partial charge in [0.15, 0.2) is 0 Å². The third kappa shape index (κ3) is 3.81. The molecule has 0 atom stereocenters. The molecule has 0 fully saturated rings. The van der Waals surface area contributed by atoms with Gasteiger partial charge in [0, 0.05) is 16.9 Å². The van der Waals surface area contributed by atoms with Crippen LogP contribution in [-0.4, -0.2) is 19.9 Å². The summed E-state index contributed by atoms with van der Waals surface area (Å²) < 4.78 is 0. The third-order valence-corrected chi connectivity index (χ3v) is 3.61. The second-order valence-corrected chi connectivity index (χ2v) is 5.54. The number of nitro groups is 1. The minimum atomic E-state index is -0.543. The largest absolute Gasteiger partial charge is 0.353 e. The summed E-state index contributed by atoms with van der Waals surface area (Å²) in [6, 6.07) is 10.4. The molecule has 0 aliphatic heterocycles. The molecule has 0 aliphatic rings. The Morgan fingerprint density at radius 2 is 1.68 bits per heavy atom. The summed E-state index contributed by atoms with van der Waals surface area (Å²) in [5, 5.41) is 17.9.